The van der Waals surface area contributed by atoms with Crippen molar-refractivity contribution in [3.05, 3.63) is 59.9 Å². The van der Waals surface area contributed by atoms with Gasteiger partial charge in [0.2, 0.25) is 11.8 Å². The van der Waals surface area contributed by atoms with Crippen molar-refractivity contribution < 1.29 is 14.0 Å². The lowest BCUT2D eigenvalue weighted by atomic mass is 9.88. The second-order valence-corrected chi connectivity index (χ2v) is 8.42. The summed E-state index contributed by atoms with van der Waals surface area (Å²) in [7, 11) is 0. The number of benzene rings is 2. The summed E-state index contributed by atoms with van der Waals surface area (Å²) in [5.74, 6) is 0.178. The quantitative estimate of drug-likeness (QED) is 0.777. The van der Waals surface area contributed by atoms with Crippen LogP contribution in [-0.2, 0) is 9.59 Å². The Bertz CT molecular complexity index is 865. The third-order valence-corrected chi connectivity index (χ3v) is 6.61. The Balaban J connectivity index is 1.48. The van der Waals surface area contributed by atoms with Gasteiger partial charge < -0.3 is 5.32 Å². The van der Waals surface area contributed by atoms with Gasteiger partial charge in [0, 0.05) is 17.3 Å². The summed E-state index contributed by atoms with van der Waals surface area (Å²) in [6, 6.07) is 13.7. The van der Waals surface area contributed by atoms with Crippen LogP contribution in [0.5, 0.6) is 0 Å². The molecule has 1 N–H and O–H groups in total. The average Bonchev–Trinajstić information content (AvgIpc) is 3.10. The summed E-state index contributed by atoms with van der Waals surface area (Å²) >= 11 is 1.52. The van der Waals surface area contributed by atoms with Gasteiger partial charge >= 0.3 is 0 Å². The van der Waals surface area contributed by atoms with Gasteiger partial charge in [0.1, 0.15) is 11.2 Å². The summed E-state index contributed by atoms with van der Waals surface area (Å²) in [5.41, 5.74) is 2.29. The lowest BCUT2D eigenvalue weighted by Crippen LogP contribution is -2.28. The van der Waals surface area contributed by atoms with Crippen molar-refractivity contribution in [2.45, 2.75) is 37.5 Å². The number of carbonyl (C=O) groups is 2. The molecular formula is C22H23FN2O2S. The molecule has 4 rings (SSSR count). The number of thioether (sulfide) groups is 1. The van der Waals surface area contributed by atoms with Gasteiger partial charge in [0.05, 0.1) is 5.75 Å². The summed E-state index contributed by atoms with van der Waals surface area (Å²) in [4.78, 5) is 26.4. The normalized spacial score (nSPS) is 20.4. The minimum atomic E-state index is -0.360. The minimum absolute atomic E-state index is 0.0322. The molecule has 0 aromatic heterocycles. The highest BCUT2D eigenvalue weighted by Gasteiger charge is 2.34. The van der Waals surface area contributed by atoms with Gasteiger partial charge in [-0.05, 0) is 48.7 Å². The third-order valence-electron chi connectivity index (χ3n) is 5.39. The Morgan fingerprint density at radius 1 is 1.07 bits per heavy atom. The second-order valence-electron chi connectivity index (χ2n) is 7.35. The Labute approximate surface area is 168 Å². The van der Waals surface area contributed by atoms with E-state index < -0.39 is 0 Å². The van der Waals surface area contributed by atoms with Gasteiger partial charge in [0.15, 0.2) is 0 Å². The predicted octanol–water partition coefficient (Wildman–Crippen LogP) is 5.12. The number of anilines is 2. The predicted molar refractivity (Wildman–Crippen MR) is 111 cm³/mol. The first-order chi connectivity index (χ1) is 13.6. The molecule has 2 amide bonds. The van der Waals surface area contributed by atoms with E-state index >= 15 is 0 Å². The van der Waals surface area contributed by atoms with Crippen LogP contribution >= 0.6 is 11.8 Å². The first kappa shape index (κ1) is 19.0. The largest absolute Gasteiger partial charge is 0.326 e. The Kier molecular flexibility index (Phi) is 5.67. The molecule has 146 valence electrons. The molecule has 2 aromatic rings. The number of carbonyl (C=O) groups excluding carboxylic acids is 2. The van der Waals surface area contributed by atoms with Crippen molar-refractivity contribution in [3.8, 4) is 0 Å². The van der Waals surface area contributed by atoms with Gasteiger partial charge in [-0.25, -0.2) is 4.39 Å². The SMILES string of the molecule is O=C(Nc1ccc(C2SCC(=O)N2c2cccc(F)c2)cc1)C1CCCCC1. The molecule has 1 heterocycles. The zero-order valence-electron chi connectivity index (χ0n) is 15.6. The molecule has 0 bridgehead atoms. The Hall–Kier alpha value is -2.34. The molecule has 6 heteroatoms. The van der Waals surface area contributed by atoms with Gasteiger partial charge in [-0.3, -0.25) is 14.5 Å². The van der Waals surface area contributed by atoms with Crippen LogP contribution < -0.4 is 10.2 Å². The zero-order valence-corrected chi connectivity index (χ0v) is 16.4. The maximum atomic E-state index is 13.6. The van der Waals surface area contributed by atoms with Crippen LogP contribution in [0, 0.1) is 11.7 Å². The third kappa shape index (κ3) is 4.07. The molecule has 0 radical (unpaired) electrons. The molecule has 1 aliphatic heterocycles. The topological polar surface area (TPSA) is 49.4 Å². The number of hydrogen-bond donors (Lipinski definition) is 1. The highest BCUT2D eigenvalue weighted by atomic mass is 32.2. The molecule has 1 unspecified atom stereocenters. The standard InChI is InChI=1S/C22H23FN2O2S/c23-17-7-4-8-19(13-17)25-20(26)14-28-22(25)16-9-11-18(12-10-16)24-21(27)15-5-2-1-3-6-15/h4,7-13,15,22H,1-3,5-6,14H2,(H,24,27). The highest BCUT2D eigenvalue weighted by molar-refractivity contribution is 8.00. The van der Waals surface area contributed by atoms with E-state index in [0.717, 1.165) is 36.9 Å². The van der Waals surface area contributed by atoms with Crippen molar-refractivity contribution in [2.75, 3.05) is 16.0 Å². The number of rotatable bonds is 4. The molecule has 1 saturated carbocycles. The first-order valence-corrected chi connectivity index (χ1v) is 10.8. The van der Waals surface area contributed by atoms with Crippen LogP contribution in [0.1, 0.15) is 43.0 Å². The number of halogens is 1. The molecule has 1 saturated heterocycles. The van der Waals surface area contributed by atoms with E-state index in [1.54, 1.807) is 17.0 Å². The number of nitrogens with zero attached hydrogens (tertiary/aromatic N) is 1. The van der Waals surface area contributed by atoms with E-state index in [-0.39, 0.29) is 28.9 Å². The fourth-order valence-corrected chi connectivity index (χ4v) is 5.09. The van der Waals surface area contributed by atoms with E-state index in [4.69, 9.17) is 0 Å². The second kappa shape index (κ2) is 8.35. The number of hydrogen-bond acceptors (Lipinski definition) is 3. The first-order valence-electron chi connectivity index (χ1n) is 9.72. The van der Waals surface area contributed by atoms with E-state index in [2.05, 4.69) is 5.32 Å². The van der Waals surface area contributed by atoms with E-state index in [1.165, 1.54) is 30.3 Å². The summed E-state index contributed by atoms with van der Waals surface area (Å²) in [5, 5.41) is 2.82. The zero-order chi connectivity index (χ0) is 19.5. The van der Waals surface area contributed by atoms with Crippen LogP contribution in [0.25, 0.3) is 0 Å². The van der Waals surface area contributed by atoms with Crippen molar-refractivity contribution in [2.24, 2.45) is 5.92 Å². The maximum Gasteiger partial charge on any atom is 0.238 e. The fourth-order valence-electron chi connectivity index (χ4n) is 3.92. The van der Waals surface area contributed by atoms with E-state index in [1.807, 2.05) is 24.3 Å². The number of nitrogens with one attached hydrogen (secondary N) is 1. The molecule has 28 heavy (non-hydrogen) atoms. The summed E-state index contributed by atoms with van der Waals surface area (Å²) in [6.07, 6.45) is 5.40. The van der Waals surface area contributed by atoms with Gasteiger partial charge in [-0.1, -0.05) is 37.5 Å². The van der Waals surface area contributed by atoms with Crippen LogP contribution in [0.2, 0.25) is 0 Å². The maximum absolute atomic E-state index is 13.6. The number of amides is 2. The van der Waals surface area contributed by atoms with Crippen molar-refractivity contribution in [1.82, 2.24) is 0 Å². The van der Waals surface area contributed by atoms with Crippen LogP contribution in [0.15, 0.2) is 48.5 Å². The fraction of sp³-hybridized carbons (Fsp3) is 0.364. The molecule has 1 atom stereocenters. The lowest BCUT2D eigenvalue weighted by Gasteiger charge is -2.25. The average molecular weight is 399 g/mol. The highest BCUT2D eigenvalue weighted by Crippen LogP contribution is 2.42. The Morgan fingerprint density at radius 3 is 2.54 bits per heavy atom. The smallest absolute Gasteiger partial charge is 0.238 e. The van der Waals surface area contributed by atoms with Crippen molar-refractivity contribution in [3.63, 3.8) is 0 Å². The van der Waals surface area contributed by atoms with Crippen LogP contribution in [0.4, 0.5) is 15.8 Å². The molecular weight excluding hydrogens is 375 g/mol. The lowest BCUT2D eigenvalue weighted by molar-refractivity contribution is -0.120. The molecule has 2 aliphatic rings. The molecule has 2 fully saturated rings. The molecule has 4 nitrogen and oxygen atoms in total. The van der Waals surface area contributed by atoms with Crippen LogP contribution in [-0.4, -0.2) is 17.6 Å². The summed E-state index contributed by atoms with van der Waals surface area (Å²) in [6.45, 7) is 0. The van der Waals surface area contributed by atoms with Gasteiger partial charge in [-0.15, -0.1) is 11.8 Å². The minimum Gasteiger partial charge on any atom is -0.326 e. The van der Waals surface area contributed by atoms with E-state index in [9.17, 15) is 14.0 Å². The molecule has 0 spiro atoms. The van der Waals surface area contributed by atoms with E-state index in [0.29, 0.717) is 11.4 Å². The molecule has 1 aliphatic carbocycles. The van der Waals surface area contributed by atoms with Gasteiger partial charge in [0.25, 0.3) is 0 Å². The van der Waals surface area contributed by atoms with Gasteiger partial charge in [-0.2, -0.15) is 0 Å². The monoisotopic (exact) mass is 398 g/mol. The van der Waals surface area contributed by atoms with Crippen molar-refractivity contribution in [1.29, 1.82) is 0 Å². The molecule has 2 aromatic carbocycles. The summed E-state index contributed by atoms with van der Waals surface area (Å²) < 4.78 is 13.6. The van der Waals surface area contributed by atoms with Crippen molar-refractivity contribution >= 4 is 35.0 Å². The Morgan fingerprint density at radius 2 is 1.82 bits per heavy atom. The van der Waals surface area contributed by atoms with Crippen LogP contribution in [0.3, 0.4) is 0 Å².